The molecule has 0 bridgehead atoms. The standard InChI is InChI=1S/C72H70N4O/c1-46-31-33-57-58-34-32-54(43-65(58)76(64(57)37-46)66-38-47(2)60(44-73-66)59-27-20-28-61-67(59)72(11,12)36-35-71(61,9)10)77-53-24-18-23-52(42-53)74-45-75(63-30-17-16-29-62(63)74)68-55(48-21-14-13-15-22-48)25-19-26-56(68)49-39-50(69(3,4)5)41-51(40-49)70(6,7)8/h13-34,37-44H,35-36H2,1-12H3/q+2/i1D3,2D3. The monoisotopic (exact) mass is 1010 g/mol. The number of benzene rings is 8. The van der Waals surface area contributed by atoms with E-state index in [-0.39, 0.29) is 32.8 Å². The van der Waals surface area contributed by atoms with E-state index in [0.717, 1.165) is 79.7 Å². The third-order valence-corrected chi connectivity index (χ3v) is 16.2. The lowest BCUT2D eigenvalue weighted by Gasteiger charge is -2.43. The second-order valence-corrected chi connectivity index (χ2v) is 24.6. The molecule has 0 fully saturated rings. The smallest absolute Gasteiger partial charge is 0.457 e. The number of pyridine rings is 1. The highest BCUT2D eigenvalue weighted by atomic mass is 16.5. The van der Waals surface area contributed by atoms with Gasteiger partial charge in [0.05, 0.1) is 28.2 Å². The van der Waals surface area contributed by atoms with E-state index in [2.05, 4.69) is 188 Å². The first kappa shape index (κ1) is 43.0. The molecule has 0 spiro atoms. The van der Waals surface area contributed by atoms with Gasteiger partial charge in [-0.25, -0.2) is 4.98 Å². The number of rotatable bonds is 8. The van der Waals surface area contributed by atoms with Gasteiger partial charge in [-0.2, -0.15) is 0 Å². The van der Waals surface area contributed by atoms with Gasteiger partial charge in [-0.15, -0.1) is 0 Å². The number of nitrogens with zero attached hydrogens (tertiary/aromatic N) is 4. The maximum absolute atomic E-state index is 9.01. The molecule has 2 aromatic heterocycles. The van der Waals surface area contributed by atoms with Crippen LogP contribution in [0.25, 0.3) is 61.0 Å². The minimum Gasteiger partial charge on any atom is -0.457 e. The summed E-state index contributed by atoms with van der Waals surface area (Å²) in [5.74, 6) is 1.45. The first-order chi connectivity index (χ1) is 39.2. The van der Waals surface area contributed by atoms with Crippen LogP contribution in [0.15, 0.2) is 182 Å². The molecule has 0 saturated carbocycles. The molecular weight excluding hydrogens is 937 g/mol. The summed E-state index contributed by atoms with van der Waals surface area (Å²) < 4.78 is 65.3. The fraction of sp³-hybridized carbons (Fsp3) is 0.250. The summed E-state index contributed by atoms with van der Waals surface area (Å²) in [5, 5.41) is 1.62. The molecule has 1 aliphatic carbocycles. The van der Waals surface area contributed by atoms with Crippen molar-refractivity contribution in [3.05, 3.63) is 216 Å². The van der Waals surface area contributed by atoms with Gasteiger partial charge in [0, 0.05) is 55.0 Å². The summed E-state index contributed by atoms with van der Waals surface area (Å²) in [4.78, 5) is 5.10. The summed E-state index contributed by atoms with van der Waals surface area (Å²) in [6.07, 6.45) is 3.67. The van der Waals surface area contributed by atoms with Crippen LogP contribution in [-0.4, -0.2) is 15.6 Å². The molecule has 382 valence electrons. The topological polar surface area (TPSA) is 33.1 Å². The van der Waals surface area contributed by atoms with E-state index in [1.54, 1.807) is 24.4 Å². The van der Waals surface area contributed by atoms with E-state index in [0.29, 0.717) is 33.9 Å². The van der Waals surface area contributed by atoms with Crippen molar-refractivity contribution < 1.29 is 13.0 Å². The summed E-state index contributed by atoms with van der Waals surface area (Å²) in [6.45, 7) is 17.7. The fourth-order valence-corrected chi connectivity index (χ4v) is 11.8. The van der Waals surface area contributed by atoms with E-state index < -0.39 is 13.7 Å². The third kappa shape index (κ3) is 8.81. The van der Waals surface area contributed by atoms with Crippen LogP contribution in [-0.2, 0) is 21.7 Å². The molecule has 3 heterocycles. The molecule has 0 saturated heterocycles. The van der Waals surface area contributed by atoms with E-state index in [4.69, 9.17) is 17.9 Å². The lowest BCUT2D eigenvalue weighted by molar-refractivity contribution is 0.333. The number of para-hydroxylation sites is 3. The zero-order valence-electron chi connectivity index (χ0n) is 51.9. The minimum atomic E-state index is -2.52. The Morgan fingerprint density at radius 1 is 0.545 bits per heavy atom. The van der Waals surface area contributed by atoms with Gasteiger partial charge in [0.25, 0.3) is 11.4 Å². The first-order valence-electron chi connectivity index (χ1n) is 30.0. The highest BCUT2D eigenvalue weighted by Gasteiger charge is 2.41. The molecule has 8 aromatic carbocycles. The predicted octanol–water partition coefficient (Wildman–Crippen LogP) is 19.4. The predicted molar refractivity (Wildman–Crippen MR) is 324 cm³/mol. The molecule has 0 atom stereocenters. The van der Waals surface area contributed by atoms with Crippen molar-refractivity contribution in [1.29, 1.82) is 0 Å². The Hall–Kier alpha value is -8.11. The van der Waals surface area contributed by atoms with Gasteiger partial charge in [-0.05, 0) is 150 Å². The highest BCUT2D eigenvalue weighted by Crippen LogP contribution is 2.51. The normalized spacial score (nSPS) is 16.3. The van der Waals surface area contributed by atoms with Gasteiger partial charge >= 0.3 is 6.01 Å². The average molecular weight is 1010 g/mol. The first-order valence-corrected chi connectivity index (χ1v) is 27.0. The maximum atomic E-state index is 9.01. The molecule has 0 N–H and O–H groups in total. The molecule has 2 aliphatic rings. The quantitative estimate of drug-likeness (QED) is 0.142. The van der Waals surface area contributed by atoms with Gasteiger partial charge in [-0.3, -0.25) is 4.57 Å². The molecule has 0 amide bonds. The molecule has 5 heteroatoms. The largest absolute Gasteiger partial charge is 0.503 e. The molecule has 0 unspecified atom stereocenters. The lowest BCUT2D eigenvalue weighted by Crippen LogP contribution is -2.34. The van der Waals surface area contributed by atoms with Gasteiger partial charge < -0.3 is 4.74 Å². The molecular formula is C72H70N4O+2. The Morgan fingerprint density at radius 2 is 1.17 bits per heavy atom. The van der Waals surface area contributed by atoms with Gasteiger partial charge in [0.2, 0.25) is 11.4 Å². The molecule has 77 heavy (non-hydrogen) atoms. The molecule has 1 aliphatic heterocycles. The van der Waals surface area contributed by atoms with Crippen LogP contribution in [0, 0.1) is 13.7 Å². The van der Waals surface area contributed by atoms with E-state index >= 15 is 0 Å². The number of ether oxygens (including phenoxy) is 1. The van der Waals surface area contributed by atoms with Crippen molar-refractivity contribution in [2.75, 3.05) is 0 Å². The van der Waals surface area contributed by atoms with Crippen molar-refractivity contribution in [1.82, 2.24) is 18.7 Å². The SMILES string of the molecule is [2H]C([2H])([2H])c1ccc2c3ccc(Oc4cccc([N+]5=C=[N+](c6c(-c7ccccc7)cccc6-c6cc(C(C)(C)C)cc(C(C)(C)C)c6)c6ccccc65)c4)cc3n(-c3cc(C([2H])([2H])[2H])c(-c4cccc5c4C(C)(C)CCC5(C)C)cn3)c2c1. The Labute approximate surface area is 464 Å². The number of aromatic nitrogens is 2. The van der Waals surface area contributed by atoms with Crippen LogP contribution in [0.2, 0.25) is 0 Å². The molecule has 12 rings (SSSR count). The average Bonchev–Trinajstić information content (AvgIpc) is 3.93. The Kier molecular flexibility index (Phi) is 10.2. The lowest BCUT2D eigenvalue weighted by atomic mass is 9.61. The second kappa shape index (κ2) is 18.3. The van der Waals surface area contributed by atoms with Crippen LogP contribution in [0.5, 0.6) is 11.5 Å². The van der Waals surface area contributed by atoms with E-state index in [9.17, 15) is 0 Å². The highest BCUT2D eigenvalue weighted by molar-refractivity contribution is 6.10. The Balaban J connectivity index is 1.00. The van der Waals surface area contributed by atoms with Gasteiger partial charge in [-0.1, -0.05) is 172 Å². The van der Waals surface area contributed by atoms with Crippen LogP contribution in [0.4, 0.5) is 22.7 Å². The molecule has 10 aromatic rings. The Morgan fingerprint density at radius 3 is 1.88 bits per heavy atom. The fourth-order valence-electron chi connectivity index (χ4n) is 11.8. The van der Waals surface area contributed by atoms with E-state index in [1.807, 2.05) is 59.2 Å². The third-order valence-electron chi connectivity index (χ3n) is 16.2. The van der Waals surface area contributed by atoms with Crippen molar-refractivity contribution in [3.8, 4) is 50.7 Å². The second-order valence-electron chi connectivity index (χ2n) is 24.6. The van der Waals surface area contributed by atoms with Crippen LogP contribution in [0.3, 0.4) is 0 Å². The summed E-state index contributed by atoms with van der Waals surface area (Å²) in [7, 11) is 0. The number of aryl methyl sites for hydroxylation is 2. The van der Waals surface area contributed by atoms with Gasteiger partial charge in [0.1, 0.15) is 17.3 Å². The maximum Gasteiger partial charge on any atom is 0.503 e. The molecule has 0 radical (unpaired) electrons. The summed E-state index contributed by atoms with van der Waals surface area (Å²) in [6, 6.07) is 63.3. The van der Waals surface area contributed by atoms with Crippen molar-refractivity contribution in [3.63, 3.8) is 0 Å². The van der Waals surface area contributed by atoms with Crippen LogP contribution < -0.4 is 13.9 Å². The number of fused-ring (bicyclic) bond motifs is 5. The van der Waals surface area contributed by atoms with Gasteiger partial charge in [0.15, 0.2) is 0 Å². The Bertz CT molecular complexity index is 4300. The van der Waals surface area contributed by atoms with Crippen LogP contribution >= 0.6 is 0 Å². The summed E-state index contributed by atoms with van der Waals surface area (Å²) in [5.41, 5.74) is 15.7. The number of hydrogen-bond acceptors (Lipinski definition) is 2. The zero-order chi connectivity index (χ0) is 58.8. The number of hydrogen-bond donors (Lipinski definition) is 0. The minimum absolute atomic E-state index is 0.0846. The summed E-state index contributed by atoms with van der Waals surface area (Å²) >= 11 is 0. The van der Waals surface area contributed by atoms with E-state index in [1.165, 1.54) is 16.7 Å². The van der Waals surface area contributed by atoms with Crippen molar-refractivity contribution in [2.24, 2.45) is 0 Å². The zero-order valence-corrected chi connectivity index (χ0v) is 45.9. The molecule has 5 nitrogen and oxygen atoms in total. The van der Waals surface area contributed by atoms with Crippen molar-refractivity contribution >= 4 is 50.6 Å². The van der Waals surface area contributed by atoms with Crippen LogP contribution in [0.1, 0.15) is 124 Å². The van der Waals surface area contributed by atoms with Crippen molar-refractivity contribution in [2.45, 2.75) is 117 Å².